The summed E-state index contributed by atoms with van der Waals surface area (Å²) >= 11 is 2.87. The van der Waals surface area contributed by atoms with Gasteiger partial charge in [-0.15, -0.1) is 5.10 Å². The minimum absolute atomic E-state index is 0.0270. The van der Waals surface area contributed by atoms with E-state index in [2.05, 4.69) is 28.2 Å². The van der Waals surface area contributed by atoms with Crippen LogP contribution in [-0.4, -0.2) is 44.2 Å². The van der Waals surface area contributed by atoms with E-state index < -0.39 is 5.60 Å². The number of hydrogen-bond donors (Lipinski definition) is 2. The highest BCUT2D eigenvalue weighted by Gasteiger charge is 2.34. The number of aliphatic hydroxyl groups is 1. The monoisotopic (exact) mass is 442 g/mol. The number of fused-ring (bicyclic) bond motifs is 1. The Bertz CT molecular complexity index is 1010. The van der Waals surface area contributed by atoms with Gasteiger partial charge in [0.25, 0.3) is 5.91 Å². The van der Waals surface area contributed by atoms with Gasteiger partial charge in [-0.25, -0.2) is 0 Å². The fourth-order valence-corrected chi connectivity index (χ4v) is 5.34. The molecule has 2 N–H and O–H groups in total. The van der Waals surface area contributed by atoms with E-state index in [0.717, 1.165) is 27.2 Å². The molecule has 1 amide bonds. The quantitative estimate of drug-likeness (QED) is 0.533. The first-order valence-electron chi connectivity index (χ1n) is 10.2. The molecule has 4 rings (SSSR count). The second-order valence-corrected chi connectivity index (χ2v) is 9.91. The molecule has 0 aliphatic carbocycles. The molecule has 2 heterocycles. The fourth-order valence-electron chi connectivity index (χ4n) is 3.93. The Morgan fingerprint density at radius 1 is 1.23 bits per heavy atom. The predicted molar refractivity (Wildman–Crippen MR) is 123 cm³/mol. The summed E-state index contributed by atoms with van der Waals surface area (Å²) in [5.74, 6) is 0.480. The van der Waals surface area contributed by atoms with Gasteiger partial charge in [-0.1, -0.05) is 24.4 Å². The van der Waals surface area contributed by atoms with Gasteiger partial charge in [0.05, 0.1) is 15.2 Å². The zero-order valence-electron chi connectivity index (χ0n) is 17.2. The fraction of sp³-hybridized carbons (Fsp3) is 0.409. The number of nitrogens with zero attached hydrogens (tertiary/aromatic N) is 3. The average Bonchev–Trinajstić information content (AvgIpc) is 3.21. The van der Waals surface area contributed by atoms with Gasteiger partial charge in [0.2, 0.25) is 0 Å². The second-order valence-electron chi connectivity index (χ2n) is 8.27. The van der Waals surface area contributed by atoms with E-state index in [-0.39, 0.29) is 5.91 Å². The minimum atomic E-state index is -0.633. The summed E-state index contributed by atoms with van der Waals surface area (Å²) in [7, 11) is 0. The lowest BCUT2D eigenvalue weighted by Crippen LogP contribution is -2.47. The normalized spacial score (nSPS) is 16.2. The second kappa shape index (κ2) is 8.91. The largest absolute Gasteiger partial charge is 0.390 e. The number of piperidine rings is 1. The lowest BCUT2D eigenvalue weighted by atomic mass is 9.84. The van der Waals surface area contributed by atoms with E-state index in [1.54, 1.807) is 0 Å². The van der Waals surface area contributed by atoms with Crippen LogP contribution in [0.5, 0.6) is 0 Å². The summed E-state index contributed by atoms with van der Waals surface area (Å²) in [6.07, 6.45) is 2.08. The van der Waals surface area contributed by atoms with Gasteiger partial charge < -0.3 is 14.7 Å². The van der Waals surface area contributed by atoms with Gasteiger partial charge in [-0.3, -0.25) is 4.79 Å². The molecular weight excluding hydrogens is 416 g/mol. The number of carbonyl (C=O) groups excluding carboxylic acids is 1. The van der Waals surface area contributed by atoms with Crippen LogP contribution in [0.4, 0.5) is 5.69 Å². The van der Waals surface area contributed by atoms with Crippen molar-refractivity contribution in [1.29, 1.82) is 0 Å². The third-order valence-corrected chi connectivity index (χ3v) is 7.00. The number of carbonyl (C=O) groups is 1. The molecule has 0 saturated carbocycles. The summed E-state index contributed by atoms with van der Waals surface area (Å²) in [5, 5.41) is 14.9. The topological polar surface area (TPSA) is 78.4 Å². The van der Waals surface area contributed by atoms with Crippen LogP contribution in [0.25, 0.3) is 10.2 Å². The lowest BCUT2D eigenvalue weighted by molar-refractivity contribution is -0.0311. The SMILES string of the molecule is CC(C)CC1(O)CCN(C(=O)c2ccc(NSc3cccc4snnc34)cc2)CC1. The van der Waals surface area contributed by atoms with Gasteiger partial charge in [0.1, 0.15) is 5.52 Å². The van der Waals surface area contributed by atoms with Crippen LogP contribution in [0.2, 0.25) is 0 Å². The molecule has 30 heavy (non-hydrogen) atoms. The number of amides is 1. The molecular formula is C22H26N4O2S2. The molecule has 1 aliphatic heterocycles. The zero-order valence-corrected chi connectivity index (χ0v) is 18.8. The maximum absolute atomic E-state index is 12.8. The van der Waals surface area contributed by atoms with Crippen molar-refractivity contribution in [3.8, 4) is 0 Å². The van der Waals surface area contributed by atoms with Crippen LogP contribution in [0.15, 0.2) is 47.4 Å². The Hall–Kier alpha value is -2.16. The molecule has 1 fully saturated rings. The molecule has 0 radical (unpaired) electrons. The molecule has 2 aromatic carbocycles. The van der Waals surface area contributed by atoms with Gasteiger partial charge in [-0.2, -0.15) is 0 Å². The molecule has 1 aromatic heterocycles. The van der Waals surface area contributed by atoms with Gasteiger partial charge in [0, 0.05) is 24.3 Å². The Morgan fingerprint density at radius 3 is 2.67 bits per heavy atom. The summed E-state index contributed by atoms with van der Waals surface area (Å²) in [6.45, 7) is 5.45. The molecule has 1 saturated heterocycles. The molecule has 3 aromatic rings. The average molecular weight is 443 g/mol. The molecule has 8 heteroatoms. The van der Waals surface area contributed by atoms with Crippen LogP contribution < -0.4 is 4.72 Å². The first kappa shape index (κ1) is 21.1. The van der Waals surface area contributed by atoms with Crippen molar-refractivity contribution in [2.75, 3.05) is 17.8 Å². The van der Waals surface area contributed by atoms with E-state index >= 15 is 0 Å². The number of rotatable bonds is 6. The summed E-state index contributed by atoms with van der Waals surface area (Å²) in [6, 6.07) is 13.5. The third kappa shape index (κ3) is 4.77. The number of likely N-dealkylation sites (tertiary alicyclic amines) is 1. The number of hydrogen-bond acceptors (Lipinski definition) is 7. The molecule has 0 bridgehead atoms. The first-order chi connectivity index (χ1) is 14.4. The van der Waals surface area contributed by atoms with Gasteiger partial charge >= 0.3 is 0 Å². The van der Waals surface area contributed by atoms with Crippen molar-refractivity contribution < 1.29 is 9.90 Å². The highest BCUT2D eigenvalue weighted by atomic mass is 32.2. The number of aromatic nitrogens is 2. The highest BCUT2D eigenvalue weighted by Crippen LogP contribution is 2.31. The summed E-state index contributed by atoms with van der Waals surface area (Å²) in [4.78, 5) is 15.7. The minimum Gasteiger partial charge on any atom is -0.390 e. The molecule has 1 aliphatic rings. The number of anilines is 1. The lowest BCUT2D eigenvalue weighted by Gasteiger charge is -2.39. The van der Waals surface area contributed by atoms with Crippen LogP contribution >= 0.6 is 23.5 Å². The van der Waals surface area contributed by atoms with E-state index in [1.165, 1.54) is 23.5 Å². The van der Waals surface area contributed by atoms with Crippen molar-refractivity contribution in [2.45, 2.75) is 43.6 Å². The number of benzene rings is 2. The molecule has 0 atom stereocenters. The Balaban J connectivity index is 1.34. The first-order valence-corrected chi connectivity index (χ1v) is 11.8. The maximum atomic E-state index is 12.8. The molecule has 0 unspecified atom stereocenters. The van der Waals surface area contributed by atoms with E-state index in [9.17, 15) is 9.90 Å². The Kier molecular flexibility index (Phi) is 6.26. The predicted octanol–water partition coefficient (Wildman–Crippen LogP) is 4.82. The third-order valence-electron chi connectivity index (χ3n) is 5.42. The summed E-state index contributed by atoms with van der Waals surface area (Å²) in [5.41, 5.74) is 1.85. The maximum Gasteiger partial charge on any atom is 0.253 e. The van der Waals surface area contributed by atoms with Gasteiger partial charge in [-0.05, 0) is 85.1 Å². The molecule has 158 valence electrons. The van der Waals surface area contributed by atoms with Crippen molar-refractivity contribution in [2.24, 2.45) is 5.92 Å². The van der Waals surface area contributed by atoms with Crippen LogP contribution in [0, 0.1) is 5.92 Å². The smallest absolute Gasteiger partial charge is 0.253 e. The Labute approximate surface area is 185 Å². The van der Waals surface area contributed by atoms with Crippen LogP contribution in [-0.2, 0) is 0 Å². The van der Waals surface area contributed by atoms with E-state index in [0.29, 0.717) is 37.4 Å². The standard InChI is InChI=1S/C22H26N4O2S2/c1-15(2)14-22(28)10-12-26(13-11-22)21(27)16-6-8-17(9-7-16)24-29-18-4-3-5-19-20(18)23-25-30-19/h3-9,15,24,28H,10-14H2,1-2H3. The molecule has 0 spiro atoms. The Morgan fingerprint density at radius 2 is 1.97 bits per heavy atom. The van der Waals surface area contributed by atoms with E-state index in [1.807, 2.05) is 47.4 Å². The van der Waals surface area contributed by atoms with Crippen LogP contribution in [0.3, 0.4) is 0 Å². The van der Waals surface area contributed by atoms with Crippen molar-refractivity contribution >= 4 is 45.3 Å². The van der Waals surface area contributed by atoms with Crippen molar-refractivity contribution in [3.05, 3.63) is 48.0 Å². The zero-order chi connectivity index (χ0) is 21.1. The van der Waals surface area contributed by atoms with Crippen LogP contribution in [0.1, 0.15) is 43.5 Å². The summed E-state index contributed by atoms with van der Waals surface area (Å²) < 4.78 is 8.38. The highest BCUT2D eigenvalue weighted by molar-refractivity contribution is 8.00. The van der Waals surface area contributed by atoms with Gasteiger partial charge in [0.15, 0.2) is 0 Å². The van der Waals surface area contributed by atoms with E-state index in [4.69, 9.17) is 0 Å². The van der Waals surface area contributed by atoms with Crippen molar-refractivity contribution in [1.82, 2.24) is 14.5 Å². The number of nitrogens with one attached hydrogen (secondary N) is 1. The molecule has 6 nitrogen and oxygen atoms in total. The van der Waals surface area contributed by atoms with Crippen molar-refractivity contribution in [3.63, 3.8) is 0 Å².